The SMILES string of the molecule is C[C@H]1C[C@H](C)CN(c2cc(N3CCCCC3)nc(NC(=S)NC[C@@H]3CCCO3)n2)C1. The van der Waals surface area contributed by atoms with Crippen molar-refractivity contribution in [3.63, 3.8) is 0 Å². The summed E-state index contributed by atoms with van der Waals surface area (Å²) in [4.78, 5) is 14.5. The van der Waals surface area contributed by atoms with Crippen molar-refractivity contribution in [2.75, 3.05) is 54.4 Å². The highest BCUT2D eigenvalue weighted by Crippen LogP contribution is 2.29. The Balaban J connectivity index is 1.49. The van der Waals surface area contributed by atoms with Crippen LogP contribution in [0.25, 0.3) is 0 Å². The summed E-state index contributed by atoms with van der Waals surface area (Å²) in [7, 11) is 0. The van der Waals surface area contributed by atoms with Crippen LogP contribution in [0, 0.1) is 11.8 Å². The van der Waals surface area contributed by atoms with Crippen LogP contribution in [0.2, 0.25) is 0 Å². The molecule has 1 aromatic rings. The van der Waals surface area contributed by atoms with Crippen molar-refractivity contribution in [3.8, 4) is 0 Å². The van der Waals surface area contributed by atoms with Gasteiger partial charge < -0.3 is 25.2 Å². The smallest absolute Gasteiger partial charge is 0.232 e. The molecule has 4 heterocycles. The number of nitrogens with zero attached hydrogens (tertiary/aromatic N) is 4. The lowest BCUT2D eigenvalue weighted by Crippen LogP contribution is -2.40. The summed E-state index contributed by atoms with van der Waals surface area (Å²) in [6.07, 6.45) is 7.50. The Bertz CT molecular complexity index is 710. The first-order valence-corrected chi connectivity index (χ1v) is 12.0. The second-order valence-electron chi connectivity index (χ2n) is 9.28. The molecule has 166 valence electrons. The Morgan fingerprint density at radius 3 is 2.43 bits per heavy atom. The van der Waals surface area contributed by atoms with Crippen molar-refractivity contribution in [1.29, 1.82) is 0 Å². The molecule has 8 heteroatoms. The standard InChI is InChI=1S/C22H36N6OS/c1-16-11-17(2)15-28(14-16)20-12-19(27-8-4-3-5-9-27)24-21(25-20)26-22(30)23-13-18-7-6-10-29-18/h12,16-18H,3-11,13-15H2,1-2H3,(H2,23,24,25,26,30)/t16-,17-,18-/m0/s1. The number of nitrogens with one attached hydrogen (secondary N) is 2. The third-order valence-electron chi connectivity index (χ3n) is 6.31. The van der Waals surface area contributed by atoms with E-state index in [9.17, 15) is 0 Å². The third-order valence-corrected chi connectivity index (χ3v) is 6.56. The van der Waals surface area contributed by atoms with Gasteiger partial charge in [0.15, 0.2) is 5.11 Å². The minimum atomic E-state index is 0.247. The van der Waals surface area contributed by atoms with Crippen molar-refractivity contribution >= 4 is 34.9 Å². The molecule has 0 radical (unpaired) electrons. The lowest BCUT2D eigenvalue weighted by atomic mass is 9.92. The normalized spacial score (nSPS) is 27.2. The van der Waals surface area contributed by atoms with Gasteiger partial charge in [-0.1, -0.05) is 13.8 Å². The number of ether oxygens (including phenoxy) is 1. The van der Waals surface area contributed by atoms with Gasteiger partial charge in [0.1, 0.15) is 11.6 Å². The highest BCUT2D eigenvalue weighted by atomic mass is 32.1. The van der Waals surface area contributed by atoms with Gasteiger partial charge in [0.05, 0.1) is 6.10 Å². The number of rotatable bonds is 5. The average molecular weight is 433 g/mol. The predicted octanol–water partition coefficient (Wildman–Crippen LogP) is 3.41. The summed E-state index contributed by atoms with van der Waals surface area (Å²) in [6, 6.07) is 2.17. The summed E-state index contributed by atoms with van der Waals surface area (Å²) in [5.74, 6) is 3.95. The monoisotopic (exact) mass is 432 g/mol. The molecule has 2 N–H and O–H groups in total. The molecular formula is C22H36N6OS. The Hall–Kier alpha value is -1.67. The van der Waals surface area contributed by atoms with Gasteiger partial charge in [-0.05, 0) is 62.6 Å². The molecule has 1 aromatic heterocycles. The molecule has 4 rings (SSSR count). The highest BCUT2D eigenvalue weighted by Gasteiger charge is 2.25. The first-order valence-electron chi connectivity index (χ1n) is 11.6. The van der Waals surface area contributed by atoms with Crippen LogP contribution < -0.4 is 20.4 Å². The van der Waals surface area contributed by atoms with E-state index in [1.54, 1.807) is 0 Å². The topological polar surface area (TPSA) is 65.5 Å². The maximum absolute atomic E-state index is 5.68. The Morgan fingerprint density at radius 2 is 1.77 bits per heavy atom. The maximum Gasteiger partial charge on any atom is 0.232 e. The zero-order valence-electron chi connectivity index (χ0n) is 18.4. The first-order chi connectivity index (χ1) is 14.6. The Kier molecular flexibility index (Phi) is 7.25. The van der Waals surface area contributed by atoms with E-state index < -0.39 is 0 Å². The largest absolute Gasteiger partial charge is 0.376 e. The maximum atomic E-state index is 5.68. The number of thiocarbonyl (C=S) groups is 1. The minimum Gasteiger partial charge on any atom is -0.376 e. The van der Waals surface area contributed by atoms with Crippen LogP contribution in [0.1, 0.15) is 52.4 Å². The van der Waals surface area contributed by atoms with Crippen molar-refractivity contribution < 1.29 is 4.74 Å². The van der Waals surface area contributed by atoms with E-state index in [1.807, 2.05) is 0 Å². The molecule has 0 spiro atoms. The fourth-order valence-corrected chi connectivity index (χ4v) is 5.11. The van der Waals surface area contributed by atoms with Crippen LogP contribution in [0.3, 0.4) is 0 Å². The Labute approximate surface area is 186 Å². The van der Waals surface area contributed by atoms with Crippen LogP contribution in [-0.4, -0.2) is 60.5 Å². The highest BCUT2D eigenvalue weighted by molar-refractivity contribution is 7.80. The predicted molar refractivity (Wildman–Crippen MR) is 126 cm³/mol. The fraction of sp³-hybridized carbons (Fsp3) is 0.773. The zero-order chi connectivity index (χ0) is 20.9. The van der Waals surface area contributed by atoms with E-state index in [1.165, 1.54) is 25.7 Å². The van der Waals surface area contributed by atoms with Gasteiger partial charge in [-0.25, -0.2) is 0 Å². The van der Waals surface area contributed by atoms with Crippen LogP contribution in [-0.2, 0) is 4.74 Å². The summed E-state index contributed by atoms with van der Waals surface area (Å²) >= 11 is 5.52. The number of anilines is 3. The summed E-state index contributed by atoms with van der Waals surface area (Å²) in [6.45, 7) is 10.4. The molecule has 3 aliphatic heterocycles. The molecular weight excluding hydrogens is 396 g/mol. The lowest BCUT2D eigenvalue weighted by molar-refractivity contribution is 0.114. The van der Waals surface area contributed by atoms with Gasteiger partial charge >= 0.3 is 0 Å². The number of piperidine rings is 2. The van der Waals surface area contributed by atoms with Gasteiger partial charge in [-0.3, -0.25) is 0 Å². The van der Waals surface area contributed by atoms with E-state index >= 15 is 0 Å². The lowest BCUT2D eigenvalue weighted by Gasteiger charge is -2.36. The number of aromatic nitrogens is 2. The van der Waals surface area contributed by atoms with Gasteiger partial charge in [0.2, 0.25) is 5.95 Å². The van der Waals surface area contributed by atoms with E-state index in [0.717, 1.165) is 63.8 Å². The molecule has 0 aliphatic carbocycles. The quantitative estimate of drug-likeness (QED) is 0.686. The first kappa shape index (κ1) is 21.6. The third kappa shape index (κ3) is 5.72. The second kappa shape index (κ2) is 10.1. The van der Waals surface area contributed by atoms with Gasteiger partial charge in [-0.15, -0.1) is 0 Å². The van der Waals surface area contributed by atoms with Gasteiger partial charge in [0.25, 0.3) is 0 Å². The van der Waals surface area contributed by atoms with E-state index in [4.69, 9.17) is 26.9 Å². The van der Waals surface area contributed by atoms with Crippen molar-refractivity contribution in [1.82, 2.24) is 15.3 Å². The van der Waals surface area contributed by atoms with Gasteiger partial charge in [-0.2, -0.15) is 9.97 Å². The van der Waals surface area contributed by atoms with Crippen LogP contribution >= 0.6 is 12.2 Å². The number of hydrogen-bond acceptors (Lipinski definition) is 6. The molecule has 0 aromatic carbocycles. The second-order valence-corrected chi connectivity index (χ2v) is 9.68. The van der Waals surface area contributed by atoms with Crippen LogP contribution in [0.15, 0.2) is 6.07 Å². The number of hydrogen-bond donors (Lipinski definition) is 2. The summed E-state index contributed by atoms with van der Waals surface area (Å²) in [5.41, 5.74) is 0. The molecule has 30 heavy (non-hydrogen) atoms. The molecule has 7 nitrogen and oxygen atoms in total. The minimum absolute atomic E-state index is 0.247. The molecule has 3 atom stereocenters. The molecule has 0 bridgehead atoms. The summed E-state index contributed by atoms with van der Waals surface area (Å²) in [5, 5.41) is 7.07. The van der Waals surface area contributed by atoms with E-state index in [0.29, 0.717) is 22.9 Å². The molecule has 0 amide bonds. The fourth-order valence-electron chi connectivity index (χ4n) is 4.93. The Morgan fingerprint density at radius 1 is 1.07 bits per heavy atom. The van der Waals surface area contributed by atoms with Crippen molar-refractivity contribution in [2.24, 2.45) is 11.8 Å². The molecule has 0 saturated carbocycles. The molecule has 3 saturated heterocycles. The van der Waals surface area contributed by atoms with Crippen LogP contribution in [0.5, 0.6) is 0 Å². The summed E-state index contributed by atoms with van der Waals surface area (Å²) < 4.78 is 5.68. The van der Waals surface area contributed by atoms with Crippen molar-refractivity contribution in [3.05, 3.63) is 6.07 Å². The molecule has 3 aliphatic rings. The molecule has 3 fully saturated rings. The van der Waals surface area contributed by atoms with Gasteiger partial charge in [0, 0.05) is 45.4 Å². The zero-order valence-corrected chi connectivity index (χ0v) is 19.2. The van der Waals surface area contributed by atoms with Crippen LogP contribution in [0.4, 0.5) is 17.6 Å². The van der Waals surface area contributed by atoms with E-state index in [2.05, 4.69) is 40.3 Å². The average Bonchev–Trinajstić information content (AvgIpc) is 3.26. The van der Waals surface area contributed by atoms with Crippen molar-refractivity contribution in [2.45, 2.75) is 58.5 Å². The van der Waals surface area contributed by atoms with E-state index in [-0.39, 0.29) is 6.10 Å². The molecule has 0 unspecified atom stereocenters.